The van der Waals surface area contributed by atoms with Crippen LogP contribution < -0.4 is 0 Å². The largest absolute Gasteiger partial charge is 0.478 e. The van der Waals surface area contributed by atoms with E-state index < -0.39 is 5.97 Å². The highest BCUT2D eigenvalue weighted by atomic mass is 32.3. The summed E-state index contributed by atoms with van der Waals surface area (Å²) in [5.74, 6) is 3.94. The average molecular weight is 557 g/mol. The Labute approximate surface area is 230 Å². The maximum absolute atomic E-state index is 13.2. The molecule has 7 heteroatoms. The van der Waals surface area contributed by atoms with Crippen molar-refractivity contribution >= 4 is 58.8 Å². The van der Waals surface area contributed by atoms with Crippen LogP contribution in [-0.4, -0.2) is 48.5 Å². The van der Waals surface area contributed by atoms with Crippen molar-refractivity contribution in [2.75, 3.05) is 23.0 Å². The fourth-order valence-corrected chi connectivity index (χ4v) is 10.9. The number of aromatic carboxylic acids is 1. The number of carboxylic acids is 1. The first kappa shape index (κ1) is 31.0. The summed E-state index contributed by atoms with van der Waals surface area (Å²) < 4.78 is 0.345. The van der Waals surface area contributed by atoms with E-state index in [-0.39, 0.29) is 16.6 Å². The van der Waals surface area contributed by atoms with E-state index in [1.165, 1.54) is 69.3 Å². The Kier molecular flexibility index (Phi) is 16.0. The second-order valence-electron chi connectivity index (χ2n) is 9.20. The van der Waals surface area contributed by atoms with E-state index in [9.17, 15) is 9.59 Å². The minimum absolute atomic E-state index is 0.0334. The van der Waals surface area contributed by atoms with E-state index >= 15 is 0 Å². The van der Waals surface area contributed by atoms with Crippen molar-refractivity contribution in [2.45, 2.75) is 99.6 Å². The normalized spacial score (nSPS) is 16.2. The lowest BCUT2D eigenvalue weighted by Gasteiger charge is -2.35. The highest BCUT2D eigenvalue weighted by Gasteiger charge is 2.33. The number of carboxylic acid groups (broad SMARTS) is 1. The molecule has 1 atom stereocenters. The summed E-state index contributed by atoms with van der Waals surface area (Å²) in [6.45, 7) is 4.48. The number of ketones is 1. The smallest absolute Gasteiger partial charge is 0.335 e. The van der Waals surface area contributed by atoms with E-state index in [0.717, 1.165) is 30.8 Å². The molecule has 0 spiro atoms. The van der Waals surface area contributed by atoms with Crippen molar-refractivity contribution in [1.29, 1.82) is 0 Å². The standard InChI is InChI=1S/C28H44O3S4/c1-3-5-7-9-13-25(26(29)23-14-16-24(17-15-23)27(30)31)32-19-11-20-33-28(18-10-8-6-4-2)34-21-12-22-35-28/h14-17,25H,3-13,18-22H2,1-2H3,(H,30,31). The summed E-state index contributed by atoms with van der Waals surface area (Å²) in [5, 5.41) is 9.11. The van der Waals surface area contributed by atoms with Crippen LogP contribution in [0.25, 0.3) is 0 Å². The number of hydrogen-bond donors (Lipinski definition) is 1. The molecule has 1 heterocycles. The quantitative estimate of drug-likeness (QED) is 0.135. The zero-order valence-corrected chi connectivity index (χ0v) is 24.9. The molecule has 3 nitrogen and oxygen atoms in total. The van der Waals surface area contributed by atoms with Gasteiger partial charge in [-0.25, -0.2) is 4.79 Å². The number of hydrogen-bond acceptors (Lipinski definition) is 6. The number of Topliss-reactive ketones (excluding diaryl/α,β-unsaturated/α-hetero) is 1. The van der Waals surface area contributed by atoms with E-state index in [1.807, 2.05) is 11.8 Å². The second kappa shape index (κ2) is 18.1. The van der Waals surface area contributed by atoms with Crippen LogP contribution in [0.5, 0.6) is 0 Å². The van der Waals surface area contributed by atoms with Crippen LogP contribution in [0.3, 0.4) is 0 Å². The number of unbranched alkanes of at least 4 members (excludes halogenated alkanes) is 6. The Bertz CT molecular complexity index is 732. The van der Waals surface area contributed by atoms with Crippen LogP contribution in [0.4, 0.5) is 0 Å². The Hall–Kier alpha value is -0.240. The van der Waals surface area contributed by atoms with Gasteiger partial charge in [-0.05, 0) is 60.8 Å². The summed E-state index contributed by atoms with van der Waals surface area (Å²) >= 11 is 8.32. The van der Waals surface area contributed by atoms with Crippen molar-refractivity contribution in [2.24, 2.45) is 0 Å². The van der Waals surface area contributed by atoms with E-state index in [4.69, 9.17) is 5.11 Å². The van der Waals surface area contributed by atoms with Crippen molar-refractivity contribution in [3.63, 3.8) is 0 Å². The molecule has 35 heavy (non-hydrogen) atoms. The third-order valence-electron chi connectivity index (χ3n) is 6.23. The van der Waals surface area contributed by atoms with Crippen LogP contribution in [0.1, 0.15) is 112 Å². The van der Waals surface area contributed by atoms with Crippen LogP contribution in [0.15, 0.2) is 24.3 Å². The number of carbonyl (C=O) groups is 2. The molecule has 0 aliphatic carbocycles. The van der Waals surface area contributed by atoms with E-state index in [2.05, 4.69) is 49.1 Å². The molecule has 1 aliphatic heterocycles. The molecule has 1 saturated heterocycles. The summed E-state index contributed by atoms with van der Waals surface area (Å²) in [6, 6.07) is 6.46. The van der Waals surface area contributed by atoms with Crippen molar-refractivity contribution in [3.05, 3.63) is 35.4 Å². The predicted molar refractivity (Wildman–Crippen MR) is 161 cm³/mol. The van der Waals surface area contributed by atoms with Gasteiger partial charge in [-0.15, -0.1) is 35.3 Å². The zero-order chi connectivity index (χ0) is 25.4. The van der Waals surface area contributed by atoms with Gasteiger partial charge >= 0.3 is 5.97 Å². The van der Waals surface area contributed by atoms with Gasteiger partial charge in [0.2, 0.25) is 0 Å². The number of benzene rings is 1. The molecule has 0 bridgehead atoms. The first-order chi connectivity index (χ1) is 17.0. The number of thioether (sulfide) groups is 4. The first-order valence-electron chi connectivity index (χ1n) is 13.4. The van der Waals surface area contributed by atoms with Crippen LogP contribution in [0, 0.1) is 0 Å². The fourth-order valence-electron chi connectivity index (χ4n) is 4.15. The number of carbonyl (C=O) groups excluding carboxylic acids is 1. The molecule has 0 aromatic heterocycles. The van der Waals surface area contributed by atoms with Crippen LogP contribution in [-0.2, 0) is 0 Å². The topological polar surface area (TPSA) is 54.4 Å². The number of rotatable bonds is 19. The van der Waals surface area contributed by atoms with Crippen LogP contribution >= 0.6 is 47.0 Å². The predicted octanol–water partition coefficient (Wildman–Crippen LogP) is 9.26. The van der Waals surface area contributed by atoms with Crippen LogP contribution in [0.2, 0.25) is 0 Å². The molecular weight excluding hydrogens is 513 g/mol. The van der Waals surface area contributed by atoms with Gasteiger partial charge in [0, 0.05) is 5.56 Å². The van der Waals surface area contributed by atoms with Gasteiger partial charge in [-0.1, -0.05) is 77.3 Å². The van der Waals surface area contributed by atoms with Gasteiger partial charge in [-0.2, -0.15) is 11.8 Å². The highest BCUT2D eigenvalue weighted by molar-refractivity contribution is 8.34. The molecule has 1 fully saturated rings. The lowest BCUT2D eigenvalue weighted by atomic mass is 10.0. The van der Waals surface area contributed by atoms with Crippen molar-refractivity contribution in [3.8, 4) is 0 Å². The minimum atomic E-state index is -0.954. The van der Waals surface area contributed by atoms with Gasteiger partial charge in [0.1, 0.15) is 3.41 Å². The summed E-state index contributed by atoms with van der Waals surface area (Å²) in [5.41, 5.74) is 0.867. The van der Waals surface area contributed by atoms with Crippen molar-refractivity contribution < 1.29 is 14.7 Å². The van der Waals surface area contributed by atoms with Gasteiger partial charge in [-0.3, -0.25) is 4.79 Å². The monoisotopic (exact) mass is 556 g/mol. The third kappa shape index (κ3) is 11.8. The lowest BCUT2D eigenvalue weighted by Crippen LogP contribution is -2.22. The third-order valence-corrected chi connectivity index (χ3v) is 13.1. The molecule has 1 aromatic rings. The van der Waals surface area contributed by atoms with Gasteiger partial charge in [0.15, 0.2) is 5.78 Å². The van der Waals surface area contributed by atoms with Gasteiger partial charge in [0.25, 0.3) is 0 Å². The zero-order valence-electron chi connectivity index (χ0n) is 21.6. The first-order valence-corrected chi connectivity index (χ1v) is 17.4. The van der Waals surface area contributed by atoms with Gasteiger partial charge in [0.05, 0.1) is 10.8 Å². The second-order valence-corrected chi connectivity index (χ2v) is 15.5. The Morgan fingerprint density at radius 3 is 2.14 bits per heavy atom. The molecule has 1 aliphatic rings. The molecular formula is C28H44O3S4. The van der Waals surface area contributed by atoms with E-state index in [1.54, 1.807) is 24.3 Å². The Morgan fingerprint density at radius 2 is 1.51 bits per heavy atom. The molecule has 1 aromatic carbocycles. The molecule has 0 radical (unpaired) electrons. The average Bonchev–Trinajstić information content (AvgIpc) is 2.88. The molecule has 0 saturated carbocycles. The molecule has 0 amide bonds. The fraction of sp³-hybridized carbons (Fsp3) is 0.714. The summed E-state index contributed by atoms with van der Waals surface area (Å²) in [7, 11) is 0. The molecule has 1 N–H and O–H groups in total. The summed E-state index contributed by atoms with van der Waals surface area (Å²) in [6.07, 6.45) is 14.7. The molecule has 2 rings (SSSR count). The Balaban J connectivity index is 1.86. The maximum atomic E-state index is 13.2. The Morgan fingerprint density at radius 1 is 0.886 bits per heavy atom. The van der Waals surface area contributed by atoms with Crippen molar-refractivity contribution in [1.82, 2.24) is 0 Å². The minimum Gasteiger partial charge on any atom is -0.478 e. The summed E-state index contributed by atoms with van der Waals surface area (Å²) in [4.78, 5) is 24.4. The lowest BCUT2D eigenvalue weighted by molar-refractivity contribution is 0.0696. The molecule has 1 unspecified atom stereocenters. The maximum Gasteiger partial charge on any atom is 0.335 e. The molecule has 198 valence electrons. The SMILES string of the molecule is CCCCCCC(SCCCSC1(CCCCCC)SCCCS1)C(=O)c1ccc(C(=O)O)cc1. The van der Waals surface area contributed by atoms with Gasteiger partial charge < -0.3 is 5.11 Å². The highest BCUT2D eigenvalue weighted by Crippen LogP contribution is 2.53. The van der Waals surface area contributed by atoms with E-state index in [0.29, 0.717) is 8.97 Å².